The maximum atomic E-state index is 12.8. The van der Waals surface area contributed by atoms with Crippen LogP contribution in [0.5, 0.6) is 11.5 Å². The van der Waals surface area contributed by atoms with E-state index in [1.54, 1.807) is 6.07 Å². The fraction of sp³-hybridized carbons (Fsp3) is 0.364. The Morgan fingerprint density at radius 3 is 2.64 bits per heavy atom. The Morgan fingerprint density at radius 2 is 1.85 bits per heavy atom. The van der Waals surface area contributed by atoms with Crippen molar-refractivity contribution in [2.75, 3.05) is 26.2 Å². The van der Waals surface area contributed by atoms with E-state index in [0.29, 0.717) is 36.7 Å². The topological polar surface area (TPSA) is 120 Å². The molecule has 2 aliphatic rings. The van der Waals surface area contributed by atoms with Gasteiger partial charge in [-0.05, 0) is 37.1 Å². The number of benzene rings is 2. The minimum Gasteiger partial charge on any atom is -0.486 e. The molecule has 10 nitrogen and oxygen atoms in total. The van der Waals surface area contributed by atoms with Crippen molar-refractivity contribution in [3.8, 4) is 11.5 Å². The van der Waals surface area contributed by atoms with E-state index < -0.39 is 21.7 Å². The first-order valence-electron chi connectivity index (χ1n) is 10.7. The summed E-state index contributed by atoms with van der Waals surface area (Å²) in [6, 6.07) is 11.5. The van der Waals surface area contributed by atoms with Crippen LogP contribution in [-0.4, -0.2) is 55.5 Å². The Hall–Kier alpha value is -3.31. The number of ether oxygens (including phenoxy) is 2. The lowest BCUT2D eigenvalue weighted by molar-refractivity contribution is -0.122. The number of carbonyl (C=O) groups is 1. The second kappa shape index (κ2) is 8.56. The zero-order valence-electron chi connectivity index (χ0n) is 17.7. The number of para-hydroxylation sites is 2. The Labute approximate surface area is 189 Å². The van der Waals surface area contributed by atoms with Gasteiger partial charge in [0, 0.05) is 19.2 Å². The molecule has 33 heavy (non-hydrogen) atoms. The highest BCUT2D eigenvalue weighted by molar-refractivity contribution is 7.89. The van der Waals surface area contributed by atoms with Gasteiger partial charge in [-0.2, -0.15) is 4.31 Å². The van der Waals surface area contributed by atoms with Crippen LogP contribution in [0.1, 0.15) is 12.8 Å². The first kappa shape index (κ1) is 21.5. The van der Waals surface area contributed by atoms with Crippen LogP contribution in [0.2, 0.25) is 0 Å². The van der Waals surface area contributed by atoms with Crippen molar-refractivity contribution in [1.82, 2.24) is 14.2 Å². The lowest BCUT2D eigenvalue weighted by atomic mass is 10.2. The SMILES string of the molecule is O=C(Cn1c(=O)oc2cc(S(=O)(=O)N3CCCC3)ccc21)NC[C@@H]1COc2ccccc2O1. The summed E-state index contributed by atoms with van der Waals surface area (Å²) in [4.78, 5) is 24.9. The smallest absolute Gasteiger partial charge is 0.420 e. The molecule has 1 N–H and O–H groups in total. The summed E-state index contributed by atoms with van der Waals surface area (Å²) < 4.78 is 44.8. The number of nitrogens with zero attached hydrogens (tertiary/aromatic N) is 2. The molecule has 5 rings (SSSR count). The average molecular weight is 474 g/mol. The molecule has 0 spiro atoms. The Bertz CT molecular complexity index is 1360. The molecule has 0 bridgehead atoms. The van der Waals surface area contributed by atoms with E-state index in [1.807, 2.05) is 18.2 Å². The molecule has 1 aromatic heterocycles. The zero-order chi connectivity index (χ0) is 23.0. The molecule has 3 heterocycles. The quantitative estimate of drug-likeness (QED) is 0.574. The van der Waals surface area contributed by atoms with E-state index in [1.165, 1.54) is 27.1 Å². The van der Waals surface area contributed by atoms with Crippen LogP contribution in [0.25, 0.3) is 11.1 Å². The minimum atomic E-state index is -3.64. The average Bonchev–Trinajstić information content (AvgIpc) is 3.46. The second-order valence-corrected chi connectivity index (χ2v) is 9.93. The van der Waals surface area contributed by atoms with E-state index in [2.05, 4.69) is 5.32 Å². The summed E-state index contributed by atoms with van der Waals surface area (Å²) in [6.07, 6.45) is 1.29. The Balaban J connectivity index is 1.27. The van der Waals surface area contributed by atoms with Gasteiger partial charge >= 0.3 is 5.76 Å². The highest BCUT2D eigenvalue weighted by Crippen LogP contribution is 2.30. The number of sulfonamides is 1. The molecule has 1 atom stereocenters. The third kappa shape index (κ3) is 4.21. The van der Waals surface area contributed by atoms with Gasteiger partial charge in [0.2, 0.25) is 15.9 Å². The van der Waals surface area contributed by atoms with Gasteiger partial charge in [-0.25, -0.2) is 13.2 Å². The predicted molar refractivity (Wildman–Crippen MR) is 118 cm³/mol. The fourth-order valence-electron chi connectivity index (χ4n) is 4.03. The van der Waals surface area contributed by atoms with Crippen LogP contribution in [0.3, 0.4) is 0 Å². The number of hydrogen-bond acceptors (Lipinski definition) is 7. The Morgan fingerprint density at radius 1 is 1.09 bits per heavy atom. The van der Waals surface area contributed by atoms with Crippen molar-refractivity contribution < 1.29 is 27.1 Å². The molecular weight excluding hydrogens is 450 g/mol. The summed E-state index contributed by atoms with van der Waals surface area (Å²) in [5.41, 5.74) is 0.468. The van der Waals surface area contributed by atoms with Crippen molar-refractivity contribution in [2.24, 2.45) is 0 Å². The largest absolute Gasteiger partial charge is 0.486 e. The van der Waals surface area contributed by atoms with Crippen LogP contribution in [0.4, 0.5) is 0 Å². The molecule has 0 aliphatic carbocycles. The first-order chi connectivity index (χ1) is 15.9. The first-order valence-corrected chi connectivity index (χ1v) is 12.1. The molecule has 3 aromatic rings. The van der Waals surface area contributed by atoms with Gasteiger partial charge in [0.05, 0.1) is 17.0 Å². The van der Waals surface area contributed by atoms with Gasteiger partial charge in [-0.3, -0.25) is 9.36 Å². The summed E-state index contributed by atoms with van der Waals surface area (Å²) in [5.74, 6) is 0.125. The molecule has 2 aromatic carbocycles. The third-order valence-corrected chi connectivity index (χ3v) is 7.63. The van der Waals surface area contributed by atoms with Crippen LogP contribution in [-0.2, 0) is 21.4 Å². The summed E-state index contributed by atoms with van der Waals surface area (Å²) >= 11 is 0. The van der Waals surface area contributed by atoms with Crippen molar-refractivity contribution in [1.29, 1.82) is 0 Å². The lowest BCUT2D eigenvalue weighted by Crippen LogP contribution is -2.42. The second-order valence-electron chi connectivity index (χ2n) is 8.00. The lowest BCUT2D eigenvalue weighted by Gasteiger charge is -2.26. The van der Waals surface area contributed by atoms with E-state index in [9.17, 15) is 18.0 Å². The van der Waals surface area contributed by atoms with Gasteiger partial charge < -0.3 is 19.2 Å². The highest BCUT2D eigenvalue weighted by Gasteiger charge is 2.28. The number of rotatable bonds is 6. The monoisotopic (exact) mass is 473 g/mol. The van der Waals surface area contributed by atoms with Gasteiger partial charge in [-0.15, -0.1) is 0 Å². The van der Waals surface area contributed by atoms with E-state index >= 15 is 0 Å². The van der Waals surface area contributed by atoms with Crippen molar-refractivity contribution in [3.05, 3.63) is 53.0 Å². The van der Waals surface area contributed by atoms with Crippen LogP contribution >= 0.6 is 0 Å². The normalized spacial score (nSPS) is 18.5. The van der Waals surface area contributed by atoms with E-state index in [0.717, 1.165) is 12.8 Å². The standard InChI is InChI=1S/C22H23N3O7S/c26-21(23-12-15-14-30-18-5-1-2-6-19(18)31-15)13-25-17-8-7-16(11-20(17)32-22(25)27)33(28,29)24-9-3-4-10-24/h1-2,5-8,11,15H,3-4,9-10,12-14H2,(H,23,26)/t15-/m1/s1. The molecule has 1 amide bonds. The molecule has 1 saturated heterocycles. The highest BCUT2D eigenvalue weighted by atomic mass is 32.2. The zero-order valence-corrected chi connectivity index (χ0v) is 18.5. The summed E-state index contributed by atoms with van der Waals surface area (Å²) in [7, 11) is -3.64. The third-order valence-electron chi connectivity index (χ3n) is 5.74. The molecule has 0 unspecified atom stereocenters. The maximum absolute atomic E-state index is 12.8. The molecular formula is C22H23N3O7S. The van der Waals surface area contributed by atoms with Crippen LogP contribution < -0.4 is 20.5 Å². The van der Waals surface area contributed by atoms with Crippen LogP contribution in [0.15, 0.2) is 56.6 Å². The van der Waals surface area contributed by atoms with Crippen molar-refractivity contribution in [2.45, 2.75) is 30.4 Å². The number of nitrogens with one attached hydrogen (secondary N) is 1. The number of hydrogen-bond donors (Lipinski definition) is 1. The number of carbonyl (C=O) groups excluding carboxylic acids is 1. The van der Waals surface area contributed by atoms with E-state index in [-0.39, 0.29) is 29.7 Å². The number of fused-ring (bicyclic) bond motifs is 2. The van der Waals surface area contributed by atoms with Crippen molar-refractivity contribution >= 4 is 27.0 Å². The molecule has 0 radical (unpaired) electrons. The van der Waals surface area contributed by atoms with Crippen molar-refractivity contribution in [3.63, 3.8) is 0 Å². The minimum absolute atomic E-state index is 0.0666. The summed E-state index contributed by atoms with van der Waals surface area (Å²) in [5, 5.41) is 2.74. The predicted octanol–water partition coefficient (Wildman–Crippen LogP) is 1.34. The van der Waals surface area contributed by atoms with Gasteiger partial charge in [-0.1, -0.05) is 12.1 Å². The molecule has 174 valence electrons. The Kier molecular flexibility index (Phi) is 5.59. The van der Waals surface area contributed by atoms with Crippen LogP contribution in [0, 0.1) is 0 Å². The fourth-order valence-corrected chi connectivity index (χ4v) is 5.56. The molecule has 1 fully saturated rings. The summed E-state index contributed by atoms with van der Waals surface area (Å²) in [6.45, 7) is 1.18. The molecule has 11 heteroatoms. The van der Waals surface area contributed by atoms with Gasteiger partial charge in [0.25, 0.3) is 0 Å². The number of amides is 1. The number of oxazole rings is 1. The molecule has 0 saturated carbocycles. The maximum Gasteiger partial charge on any atom is 0.420 e. The van der Waals surface area contributed by atoms with E-state index in [4.69, 9.17) is 13.9 Å². The number of aromatic nitrogens is 1. The molecule has 2 aliphatic heterocycles. The van der Waals surface area contributed by atoms with Gasteiger partial charge in [0.15, 0.2) is 17.1 Å². The van der Waals surface area contributed by atoms with Gasteiger partial charge in [0.1, 0.15) is 19.3 Å².